The number of benzene rings is 2. The van der Waals surface area contributed by atoms with Crippen LogP contribution in [0.5, 0.6) is 0 Å². The Kier molecular flexibility index (Phi) is 5.30. The molecule has 0 bridgehead atoms. The van der Waals surface area contributed by atoms with Crippen molar-refractivity contribution in [1.29, 1.82) is 0 Å². The summed E-state index contributed by atoms with van der Waals surface area (Å²) in [5.41, 5.74) is 1.75. The number of halogens is 2. The third-order valence-corrected chi connectivity index (χ3v) is 6.00. The van der Waals surface area contributed by atoms with Gasteiger partial charge in [-0.2, -0.15) is 0 Å². The Morgan fingerprint density at radius 2 is 1.81 bits per heavy atom. The maximum absolute atomic E-state index is 13.4. The molecule has 3 rings (SSSR count). The van der Waals surface area contributed by atoms with Crippen LogP contribution in [-0.2, 0) is 23.0 Å². The molecular formula is C19H20F2N2O3S. The van der Waals surface area contributed by atoms with Gasteiger partial charge in [-0.1, -0.05) is 6.07 Å². The van der Waals surface area contributed by atoms with Gasteiger partial charge in [-0.05, 0) is 61.7 Å². The van der Waals surface area contributed by atoms with Gasteiger partial charge >= 0.3 is 0 Å². The van der Waals surface area contributed by atoms with Gasteiger partial charge in [-0.25, -0.2) is 21.9 Å². The number of sulfonamides is 1. The number of nitrogens with one attached hydrogen (secondary N) is 1. The molecule has 5 nitrogen and oxygen atoms in total. The molecule has 0 fully saturated rings. The Morgan fingerprint density at radius 3 is 2.48 bits per heavy atom. The number of nitrogens with zero attached hydrogens (tertiary/aromatic N) is 1. The minimum atomic E-state index is -3.64. The SMILES string of the molecule is CC(C)NS(=O)(=O)c1ccc2c(c1)CN(C(=O)c1ccc(F)c(F)c1)CC2. The lowest BCUT2D eigenvalue weighted by atomic mass is 9.99. The zero-order valence-corrected chi connectivity index (χ0v) is 15.8. The lowest BCUT2D eigenvalue weighted by Gasteiger charge is -2.29. The third-order valence-electron chi connectivity index (χ3n) is 4.34. The highest BCUT2D eigenvalue weighted by Gasteiger charge is 2.24. The van der Waals surface area contributed by atoms with Gasteiger partial charge in [0.15, 0.2) is 11.6 Å². The second kappa shape index (κ2) is 7.36. The van der Waals surface area contributed by atoms with Crippen molar-refractivity contribution in [3.8, 4) is 0 Å². The summed E-state index contributed by atoms with van der Waals surface area (Å²) in [6, 6.07) is 7.66. The maximum atomic E-state index is 13.4. The van der Waals surface area contributed by atoms with Crippen molar-refractivity contribution in [3.63, 3.8) is 0 Å². The summed E-state index contributed by atoms with van der Waals surface area (Å²) in [5, 5.41) is 0. The van der Waals surface area contributed by atoms with Gasteiger partial charge in [-0.15, -0.1) is 0 Å². The van der Waals surface area contributed by atoms with E-state index in [0.29, 0.717) is 13.0 Å². The highest BCUT2D eigenvalue weighted by Crippen LogP contribution is 2.24. The van der Waals surface area contributed by atoms with Crippen molar-refractivity contribution in [2.24, 2.45) is 0 Å². The molecule has 1 aliphatic rings. The fourth-order valence-corrected chi connectivity index (χ4v) is 4.37. The summed E-state index contributed by atoms with van der Waals surface area (Å²) in [7, 11) is -3.64. The number of fused-ring (bicyclic) bond motifs is 1. The number of rotatable bonds is 4. The molecule has 0 atom stereocenters. The van der Waals surface area contributed by atoms with Crippen LogP contribution in [0.3, 0.4) is 0 Å². The largest absolute Gasteiger partial charge is 0.334 e. The molecule has 2 aromatic carbocycles. The van der Waals surface area contributed by atoms with E-state index in [1.165, 1.54) is 11.0 Å². The fraction of sp³-hybridized carbons (Fsp3) is 0.316. The van der Waals surface area contributed by atoms with Gasteiger partial charge in [0.05, 0.1) is 4.90 Å². The van der Waals surface area contributed by atoms with Crippen LogP contribution in [0.15, 0.2) is 41.3 Å². The summed E-state index contributed by atoms with van der Waals surface area (Å²) in [4.78, 5) is 14.2. The average molecular weight is 394 g/mol. The predicted molar refractivity (Wildman–Crippen MR) is 96.7 cm³/mol. The van der Waals surface area contributed by atoms with Crippen LogP contribution in [0.2, 0.25) is 0 Å². The molecule has 1 heterocycles. The number of hydrogen-bond donors (Lipinski definition) is 1. The standard InChI is InChI=1S/C19H20F2N2O3S/c1-12(2)22-27(25,26)16-5-3-13-7-8-23(11-15(13)9-16)19(24)14-4-6-17(20)18(21)10-14/h3-6,9-10,12,22H,7-8,11H2,1-2H3. The molecule has 27 heavy (non-hydrogen) atoms. The van der Waals surface area contributed by atoms with Crippen molar-refractivity contribution in [2.75, 3.05) is 6.54 Å². The lowest BCUT2D eigenvalue weighted by molar-refractivity contribution is 0.0734. The quantitative estimate of drug-likeness (QED) is 0.867. The van der Waals surface area contributed by atoms with Gasteiger partial charge < -0.3 is 4.90 Å². The molecule has 0 saturated carbocycles. The molecule has 0 unspecified atom stereocenters. The van der Waals surface area contributed by atoms with E-state index in [2.05, 4.69) is 4.72 Å². The Hall–Kier alpha value is -2.32. The van der Waals surface area contributed by atoms with Gasteiger partial charge in [0.1, 0.15) is 0 Å². The van der Waals surface area contributed by atoms with Crippen LogP contribution in [0.4, 0.5) is 8.78 Å². The topological polar surface area (TPSA) is 66.5 Å². The van der Waals surface area contributed by atoms with E-state index >= 15 is 0 Å². The fourth-order valence-electron chi connectivity index (χ4n) is 3.06. The number of carbonyl (C=O) groups excluding carboxylic acids is 1. The Balaban J connectivity index is 1.85. The van der Waals surface area contributed by atoms with Crippen LogP contribution in [0, 0.1) is 11.6 Å². The summed E-state index contributed by atoms with van der Waals surface area (Å²) in [6.07, 6.45) is 0.558. The highest BCUT2D eigenvalue weighted by atomic mass is 32.2. The lowest BCUT2D eigenvalue weighted by Crippen LogP contribution is -2.36. The molecule has 0 spiro atoms. The summed E-state index contributed by atoms with van der Waals surface area (Å²) in [6.45, 7) is 4.09. The monoisotopic (exact) mass is 394 g/mol. The van der Waals surface area contributed by atoms with E-state index in [1.54, 1.807) is 32.0 Å². The van der Waals surface area contributed by atoms with E-state index in [0.717, 1.165) is 23.3 Å². The Morgan fingerprint density at radius 1 is 1.07 bits per heavy atom. The highest BCUT2D eigenvalue weighted by molar-refractivity contribution is 7.89. The minimum absolute atomic E-state index is 0.0580. The molecule has 8 heteroatoms. The van der Waals surface area contributed by atoms with Crippen molar-refractivity contribution >= 4 is 15.9 Å². The molecule has 1 aliphatic heterocycles. The zero-order valence-electron chi connectivity index (χ0n) is 15.0. The number of amides is 1. The van der Waals surface area contributed by atoms with E-state index < -0.39 is 27.6 Å². The van der Waals surface area contributed by atoms with Crippen LogP contribution >= 0.6 is 0 Å². The minimum Gasteiger partial charge on any atom is -0.334 e. The maximum Gasteiger partial charge on any atom is 0.254 e. The zero-order chi connectivity index (χ0) is 19.8. The number of carbonyl (C=O) groups is 1. The second-order valence-electron chi connectivity index (χ2n) is 6.81. The molecular weight excluding hydrogens is 374 g/mol. The van der Waals surface area contributed by atoms with Gasteiger partial charge in [0.2, 0.25) is 10.0 Å². The van der Waals surface area contributed by atoms with Crippen LogP contribution in [0.25, 0.3) is 0 Å². The van der Waals surface area contributed by atoms with Crippen molar-refractivity contribution in [3.05, 3.63) is 64.7 Å². The first-order valence-corrected chi connectivity index (χ1v) is 10.0. The van der Waals surface area contributed by atoms with E-state index in [-0.39, 0.29) is 23.0 Å². The first-order valence-electron chi connectivity index (χ1n) is 8.56. The molecule has 1 amide bonds. The summed E-state index contributed by atoms with van der Waals surface area (Å²) < 4.78 is 53.8. The predicted octanol–water partition coefficient (Wildman–Crippen LogP) is 2.85. The Bertz CT molecular complexity index is 990. The Labute approximate surface area is 157 Å². The molecule has 0 aliphatic carbocycles. The molecule has 0 radical (unpaired) electrons. The first kappa shape index (κ1) is 19.4. The molecule has 0 saturated heterocycles. The van der Waals surface area contributed by atoms with Gasteiger partial charge in [-0.3, -0.25) is 4.79 Å². The molecule has 144 valence electrons. The summed E-state index contributed by atoms with van der Waals surface area (Å²) >= 11 is 0. The summed E-state index contributed by atoms with van der Waals surface area (Å²) in [5.74, 6) is -2.51. The average Bonchev–Trinajstić information content (AvgIpc) is 2.61. The van der Waals surface area contributed by atoms with Gasteiger partial charge in [0, 0.05) is 24.7 Å². The van der Waals surface area contributed by atoms with Crippen molar-refractivity contribution < 1.29 is 22.0 Å². The third kappa shape index (κ3) is 4.17. The molecule has 1 N–H and O–H groups in total. The van der Waals surface area contributed by atoms with Gasteiger partial charge in [0.25, 0.3) is 5.91 Å². The van der Waals surface area contributed by atoms with Crippen LogP contribution in [0.1, 0.15) is 35.3 Å². The van der Waals surface area contributed by atoms with Crippen LogP contribution in [-0.4, -0.2) is 31.8 Å². The molecule has 0 aromatic heterocycles. The van der Waals surface area contributed by atoms with Crippen molar-refractivity contribution in [2.45, 2.75) is 37.8 Å². The first-order chi connectivity index (χ1) is 12.7. The van der Waals surface area contributed by atoms with Crippen LogP contribution < -0.4 is 4.72 Å². The second-order valence-corrected chi connectivity index (χ2v) is 8.53. The van der Waals surface area contributed by atoms with E-state index in [1.807, 2.05) is 0 Å². The number of hydrogen-bond acceptors (Lipinski definition) is 3. The van der Waals surface area contributed by atoms with E-state index in [4.69, 9.17) is 0 Å². The smallest absolute Gasteiger partial charge is 0.254 e. The molecule has 2 aromatic rings. The normalized spacial score (nSPS) is 14.3. The van der Waals surface area contributed by atoms with E-state index in [9.17, 15) is 22.0 Å². The van der Waals surface area contributed by atoms with Crippen molar-refractivity contribution in [1.82, 2.24) is 9.62 Å².